The number of halogens is 7. The van der Waals surface area contributed by atoms with E-state index in [9.17, 15) is 30.7 Å². The lowest BCUT2D eigenvalue weighted by molar-refractivity contribution is -0.137. The van der Waals surface area contributed by atoms with E-state index in [1.165, 1.54) is 0 Å². The third-order valence-corrected chi connectivity index (χ3v) is 3.25. The highest BCUT2D eigenvalue weighted by atomic mass is 19.4. The van der Waals surface area contributed by atoms with E-state index in [0.29, 0.717) is 12.1 Å². The van der Waals surface area contributed by atoms with Gasteiger partial charge in [0.1, 0.15) is 5.57 Å². The Morgan fingerprint density at radius 1 is 1.08 bits per heavy atom. The fourth-order valence-electron chi connectivity index (χ4n) is 2.04. The van der Waals surface area contributed by atoms with Crippen molar-refractivity contribution in [2.75, 3.05) is 24.3 Å². The average molecular weight is 355 g/mol. The predicted octanol–water partition coefficient (Wildman–Crippen LogP) is 4.27. The monoisotopic (exact) mass is 355 g/mol. The summed E-state index contributed by atoms with van der Waals surface area (Å²) in [7, 11) is 0. The molecular weight excluding hydrogens is 343 g/mol. The van der Waals surface area contributed by atoms with Crippen molar-refractivity contribution in [2.24, 2.45) is 0 Å². The van der Waals surface area contributed by atoms with E-state index in [4.69, 9.17) is 5.73 Å². The van der Waals surface area contributed by atoms with Gasteiger partial charge in [0.05, 0.1) is 23.6 Å². The van der Waals surface area contributed by atoms with Crippen molar-refractivity contribution in [1.82, 2.24) is 4.90 Å². The lowest BCUT2D eigenvalue weighted by Crippen LogP contribution is -2.32. The SMILES string of the molecule is Nc1cc(C(F)(F)F)ccc1NCN1CC=CC(C(F)(F)F)=C1F. The first-order valence-corrected chi connectivity index (χ1v) is 6.59. The summed E-state index contributed by atoms with van der Waals surface area (Å²) in [6.45, 7) is -0.524. The van der Waals surface area contributed by atoms with E-state index < -0.39 is 36.1 Å². The summed E-state index contributed by atoms with van der Waals surface area (Å²) in [5.74, 6) is -1.47. The van der Waals surface area contributed by atoms with E-state index >= 15 is 0 Å². The molecule has 10 heteroatoms. The summed E-state index contributed by atoms with van der Waals surface area (Å²) >= 11 is 0. The molecule has 2 rings (SSSR count). The van der Waals surface area contributed by atoms with Gasteiger partial charge in [-0.1, -0.05) is 6.08 Å². The van der Waals surface area contributed by atoms with Crippen LogP contribution in [-0.4, -0.2) is 24.3 Å². The van der Waals surface area contributed by atoms with Gasteiger partial charge in [-0.25, -0.2) is 0 Å². The molecule has 1 aromatic rings. The first-order valence-electron chi connectivity index (χ1n) is 6.59. The van der Waals surface area contributed by atoms with Gasteiger partial charge in [-0.15, -0.1) is 0 Å². The summed E-state index contributed by atoms with van der Waals surface area (Å²) < 4.78 is 89.3. The Kier molecular flexibility index (Phi) is 4.68. The third-order valence-electron chi connectivity index (χ3n) is 3.25. The number of nitrogens with two attached hydrogens (primary N) is 1. The number of alkyl halides is 6. The highest BCUT2D eigenvalue weighted by molar-refractivity contribution is 5.67. The van der Waals surface area contributed by atoms with Gasteiger partial charge >= 0.3 is 12.4 Å². The van der Waals surface area contributed by atoms with Crippen LogP contribution in [0, 0.1) is 0 Å². The van der Waals surface area contributed by atoms with Gasteiger partial charge in [0.2, 0.25) is 5.95 Å². The molecule has 0 radical (unpaired) electrons. The number of nitrogen functional groups attached to an aromatic ring is 1. The zero-order valence-corrected chi connectivity index (χ0v) is 12.0. The Balaban J connectivity index is 2.12. The maximum Gasteiger partial charge on any atom is 0.420 e. The number of allylic oxidation sites excluding steroid dienone is 2. The molecular formula is C14H12F7N3. The van der Waals surface area contributed by atoms with E-state index in [2.05, 4.69) is 5.32 Å². The van der Waals surface area contributed by atoms with Crippen LogP contribution in [-0.2, 0) is 6.18 Å². The number of nitrogens with zero attached hydrogens (tertiary/aromatic N) is 1. The van der Waals surface area contributed by atoms with Crippen molar-refractivity contribution < 1.29 is 30.7 Å². The van der Waals surface area contributed by atoms with Crippen LogP contribution in [0.2, 0.25) is 0 Å². The van der Waals surface area contributed by atoms with Crippen LogP contribution in [0.4, 0.5) is 42.1 Å². The molecule has 0 saturated heterocycles. The first-order chi connectivity index (χ1) is 11.0. The number of nitrogens with one attached hydrogen (secondary N) is 1. The van der Waals surface area contributed by atoms with Crippen molar-refractivity contribution >= 4 is 11.4 Å². The van der Waals surface area contributed by atoms with Crippen LogP contribution in [0.1, 0.15) is 5.56 Å². The maximum absolute atomic E-state index is 13.8. The molecule has 132 valence electrons. The Morgan fingerprint density at radius 2 is 1.75 bits per heavy atom. The molecule has 0 spiro atoms. The standard InChI is InChI=1S/C14H12F7N3/c15-12-9(14(19,20)21)2-1-5-24(12)7-23-11-4-3-8(6-10(11)22)13(16,17)18/h1-4,6,23H,5,7,22H2. The van der Waals surface area contributed by atoms with Crippen molar-refractivity contribution in [3.05, 3.63) is 47.4 Å². The van der Waals surface area contributed by atoms with Gasteiger partial charge in [-0.05, 0) is 24.3 Å². The lowest BCUT2D eigenvalue weighted by Gasteiger charge is -2.27. The molecule has 0 amide bonds. The van der Waals surface area contributed by atoms with Crippen LogP contribution in [0.15, 0.2) is 41.9 Å². The number of hydrogen-bond donors (Lipinski definition) is 2. The molecule has 0 atom stereocenters. The fraction of sp³-hybridized carbons (Fsp3) is 0.286. The second-order valence-electron chi connectivity index (χ2n) is 4.96. The summed E-state index contributed by atoms with van der Waals surface area (Å²) in [5.41, 5.74) is 2.90. The van der Waals surface area contributed by atoms with Gasteiger partial charge in [0, 0.05) is 6.54 Å². The molecule has 0 aromatic heterocycles. The van der Waals surface area contributed by atoms with Crippen LogP contribution in [0.5, 0.6) is 0 Å². The van der Waals surface area contributed by atoms with Gasteiger partial charge in [0.15, 0.2) is 0 Å². The predicted molar refractivity (Wildman–Crippen MR) is 74.4 cm³/mol. The van der Waals surface area contributed by atoms with Crippen LogP contribution in [0.25, 0.3) is 0 Å². The molecule has 0 bridgehead atoms. The minimum Gasteiger partial charge on any atom is -0.397 e. The Hall–Kier alpha value is -2.39. The minimum atomic E-state index is -4.84. The lowest BCUT2D eigenvalue weighted by atomic mass is 10.1. The molecule has 3 N–H and O–H groups in total. The molecule has 0 fully saturated rings. The van der Waals surface area contributed by atoms with Crippen LogP contribution in [0.3, 0.4) is 0 Å². The fourth-order valence-corrected chi connectivity index (χ4v) is 2.04. The topological polar surface area (TPSA) is 41.3 Å². The molecule has 1 aliphatic heterocycles. The second kappa shape index (κ2) is 6.25. The van der Waals surface area contributed by atoms with E-state index in [-0.39, 0.29) is 17.9 Å². The maximum atomic E-state index is 13.8. The highest BCUT2D eigenvalue weighted by Crippen LogP contribution is 2.34. The van der Waals surface area contributed by atoms with Gasteiger partial charge in [0.25, 0.3) is 0 Å². The largest absolute Gasteiger partial charge is 0.420 e. The summed E-state index contributed by atoms with van der Waals surface area (Å²) in [6.07, 6.45) is -7.64. The molecule has 24 heavy (non-hydrogen) atoms. The van der Waals surface area contributed by atoms with E-state index in [1.54, 1.807) is 0 Å². The van der Waals surface area contributed by atoms with Gasteiger partial charge < -0.3 is 16.0 Å². The molecule has 0 aliphatic carbocycles. The van der Waals surface area contributed by atoms with Crippen molar-refractivity contribution in [1.29, 1.82) is 0 Å². The van der Waals surface area contributed by atoms with Crippen LogP contribution < -0.4 is 11.1 Å². The van der Waals surface area contributed by atoms with Gasteiger partial charge in [-0.3, -0.25) is 0 Å². The molecule has 0 saturated carbocycles. The highest BCUT2D eigenvalue weighted by Gasteiger charge is 2.38. The number of rotatable bonds is 3. The minimum absolute atomic E-state index is 0.0545. The average Bonchev–Trinajstić information content (AvgIpc) is 2.45. The summed E-state index contributed by atoms with van der Waals surface area (Å²) in [5, 5.41) is 2.52. The van der Waals surface area contributed by atoms with E-state index in [1.807, 2.05) is 0 Å². The zero-order chi connectivity index (χ0) is 18.1. The summed E-state index contributed by atoms with van der Waals surface area (Å²) in [6, 6.07) is 2.48. The van der Waals surface area contributed by atoms with Crippen LogP contribution >= 0.6 is 0 Å². The molecule has 1 aliphatic rings. The van der Waals surface area contributed by atoms with Crippen molar-refractivity contribution in [3.8, 4) is 0 Å². The number of benzene rings is 1. The smallest absolute Gasteiger partial charge is 0.397 e. The molecule has 1 heterocycles. The molecule has 0 unspecified atom stereocenters. The zero-order valence-electron chi connectivity index (χ0n) is 12.0. The molecule has 3 nitrogen and oxygen atoms in total. The van der Waals surface area contributed by atoms with Crippen molar-refractivity contribution in [2.45, 2.75) is 12.4 Å². The normalized spacial score (nSPS) is 15.9. The van der Waals surface area contributed by atoms with Crippen molar-refractivity contribution in [3.63, 3.8) is 0 Å². The molecule has 1 aromatic carbocycles. The van der Waals surface area contributed by atoms with E-state index in [0.717, 1.165) is 23.1 Å². The number of hydrogen-bond acceptors (Lipinski definition) is 3. The quantitative estimate of drug-likeness (QED) is 0.483. The van der Waals surface area contributed by atoms with Gasteiger partial charge in [-0.2, -0.15) is 30.7 Å². The third kappa shape index (κ3) is 3.92. The first kappa shape index (κ1) is 18.0. The Morgan fingerprint density at radius 3 is 2.29 bits per heavy atom. The number of anilines is 2. The Bertz CT molecular complexity index is 674. The second-order valence-corrected chi connectivity index (χ2v) is 4.96. The Labute approximate surface area is 132 Å². The summed E-state index contributed by atoms with van der Waals surface area (Å²) in [4.78, 5) is 0.750.